The van der Waals surface area contributed by atoms with Crippen molar-refractivity contribution in [3.8, 4) is 0 Å². The fourth-order valence-corrected chi connectivity index (χ4v) is 4.09. The third-order valence-electron chi connectivity index (χ3n) is 3.93. The smallest absolute Gasteiger partial charge is 0.248 e. The van der Waals surface area contributed by atoms with Crippen LogP contribution in [0.3, 0.4) is 0 Å². The third-order valence-corrected chi connectivity index (χ3v) is 5.33. The summed E-state index contributed by atoms with van der Waals surface area (Å²) in [7, 11) is -3.86. The summed E-state index contributed by atoms with van der Waals surface area (Å²) < 4.78 is 52.7. The fourth-order valence-electron chi connectivity index (χ4n) is 2.66. The number of nitrogens with one attached hydrogen (secondary N) is 1. The Morgan fingerprint density at radius 1 is 1.22 bits per heavy atom. The van der Waals surface area contributed by atoms with E-state index in [1.165, 1.54) is 6.07 Å². The third kappa shape index (κ3) is 4.95. The summed E-state index contributed by atoms with van der Waals surface area (Å²) >= 11 is 6.00. The first-order valence-electron chi connectivity index (χ1n) is 8.06. The van der Waals surface area contributed by atoms with Crippen molar-refractivity contribution in [2.24, 2.45) is 0 Å². The van der Waals surface area contributed by atoms with Gasteiger partial charge in [0.15, 0.2) is 0 Å². The maximum atomic E-state index is 13.8. The van der Waals surface area contributed by atoms with Crippen molar-refractivity contribution < 1.29 is 22.0 Å². The van der Waals surface area contributed by atoms with Crippen LogP contribution in [-0.2, 0) is 14.8 Å². The minimum Gasteiger partial charge on any atom is -0.322 e. The van der Waals surface area contributed by atoms with Gasteiger partial charge >= 0.3 is 0 Å². The van der Waals surface area contributed by atoms with Gasteiger partial charge in [0.25, 0.3) is 0 Å². The van der Waals surface area contributed by atoms with Crippen molar-refractivity contribution in [1.82, 2.24) is 0 Å². The summed E-state index contributed by atoms with van der Waals surface area (Å²) in [5.41, 5.74) is 0.617. The lowest BCUT2D eigenvalue weighted by atomic mass is 10.1. The molecule has 1 N–H and O–H groups in total. The van der Waals surface area contributed by atoms with Gasteiger partial charge in [-0.25, -0.2) is 17.2 Å². The lowest BCUT2D eigenvalue weighted by Crippen LogP contribution is -2.47. The Bertz CT molecular complexity index is 967. The van der Waals surface area contributed by atoms with Gasteiger partial charge in [0.05, 0.1) is 17.6 Å². The molecule has 0 bridgehead atoms. The minimum absolute atomic E-state index is 0.119. The van der Waals surface area contributed by atoms with Crippen LogP contribution in [0.5, 0.6) is 0 Å². The van der Waals surface area contributed by atoms with Crippen LogP contribution < -0.4 is 9.62 Å². The Morgan fingerprint density at radius 2 is 1.89 bits per heavy atom. The van der Waals surface area contributed by atoms with Crippen LogP contribution in [0, 0.1) is 18.6 Å². The van der Waals surface area contributed by atoms with E-state index in [0.29, 0.717) is 16.7 Å². The van der Waals surface area contributed by atoms with Crippen molar-refractivity contribution in [3.63, 3.8) is 0 Å². The molecule has 0 aliphatic carbocycles. The number of hydrogen-bond donors (Lipinski definition) is 1. The fraction of sp³-hybridized carbons (Fsp3) is 0.278. The Morgan fingerprint density at radius 3 is 2.44 bits per heavy atom. The molecule has 0 aromatic heterocycles. The number of sulfonamides is 1. The van der Waals surface area contributed by atoms with Gasteiger partial charge in [0, 0.05) is 11.1 Å². The summed E-state index contributed by atoms with van der Waals surface area (Å²) in [6.07, 6.45) is 1.09. The Balaban J connectivity index is 2.46. The van der Waals surface area contributed by atoms with E-state index in [4.69, 9.17) is 11.6 Å². The molecular formula is C18H19ClF2N2O3S. The maximum Gasteiger partial charge on any atom is 0.248 e. The van der Waals surface area contributed by atoms with E-state index in [1.807, 2.05) is 0 Å². The summed E-state index contributed by atoms with van der Waals surface area (Å²) in [6, 6.07) is 6.25. The SMILES string of the molecule is CC[C@H](C(=O)Nc1ccc(F)cc1F)N(c1cc(Cl)ccc1C)S(C)(=O)=O. The largest absolute Gasteiger partial charge is 0.322 e. The molecule has 0 saturated carbocycles. The maximum absolute atomic E-state index is 13.8. The number of halogens is 3. The summed E-state index contributed by atoms with van der Waals surface area (Å²) in [6.45, 7) is 3.32. The zero-order valence-corrected chi connectivity index (χ0v) is 16.5. The molecule has 146 valence electrons. The van der Waals surface area contributed by atoms with Gasteiger partial charge in [-0.1, -0.05) is 24.6 Å². The highest BCUT2D eigenvalue weighted by Gasteiger charge is 2.33. The second kappa shape index (κ2) is 8.22. The highest BCUT2D eigenvalue weighted by Crippen LogP contribution is 2.29. The normalized spacial score (nSPS) is 12.5. The van der Waals surface area contributed by atoms with Gasteiger partial charge in [-0.2, -0.15) is 0 Å². The number of carbonyl (C=O) groups is 1. The number of hydrogen-bond acceptors (Lipinski definition) is 3. The van der Waals surface area contributed by atoms with E-state index < -0.39 is 33.6 Å². The highest BCUT2D eigenvalue weighted by molar-refractivity contribution is 7.92. The molecule has 1 atom stereocenters. The number of amides is 1. The summed E-state index contributed by atoms with van der Waals surface area (Å²) in [4.78, 5) is 12.7. The standard InChI is InChI=1S/C18H19ClF2N2O3S/c1-4-16(18(24)22-15-8-7-13(20)10-14(15)21)23(27(3,25)26)17-9-12(19)6-5-11(17)2/h5-10,16H,4H2,1-3H3,(H,22,24)/t16-/m1/s1. The molecule has 0 aliphatic heterocycles. The molecule has 0 unspecified atom stereocenters. The van der Waals surface area contributed by atoms with Crippen molar-refractivity contribution in [3.05, 3.63) is 58.6 Å². The van der Waals surface area contributed by atoms with Gasteiger partial charge in [-0.05, 0) is 43.2 Å². The molecule has 0 heterocycles. The van der Waals surface area contributed by atoms with Gasteiger partial charge in [0.2, 0.25) is 15.9 Å². The number of benzene rings is 2. The van der Waals surface area contributed by atoms with E-state index >= 15 is 0 Å². The summed E-state index contributed by atoms with van der Waals surface area (Å²) in [5.74, 6) is -2.49. The first kappa shape index (κ1) is 21.1. The average Bonchev–Trinajstić information content (AvgIpc) is 2.56. The predicted molar refractivity (Wildman–Crippen MR) is 103 cm³/mol. The molecule has 2 rings (SSSR count). The molecule has 0 aliphatic rings. The van der Waals surface area contributed by atoms with Crippen molar-refractivity contribution in [2.75, 3.05) is 15.9 Å². The van der Waals surface area contributed by atoms with E-state index in [1.54, 1.807) is 26.0 Å². The van der Waals surface area contributed by atoms with E-state index in [-0.39, 0.29) is 17.8 Å². The second-order valence-electron chi connectivity index (χ2n) is 6.03. The molecule has 0 saturated heterocycles. The van der Waals surface area contributed by atoms with Crippen molar-refractivity contribution in [1.29, 1.82) is 0 Å². The molecule has 0 fully saturated rings. The van der Waals surface area contributed by atoms with Crippen LogP contribution in [0.25, 0.3) is 0 Å². The second-order valence-corrected chi connectivity index (χ2v) is 8.32. The number of aryl methyl sites for hydroxylation is 1. The molecule has 0 radical (unpaired) electrons. The van der Waals surface area contributed by atoms with Crippen LogP contribution >= 0.6 is 11.6 Å². The number of nitrogens with zero attached hydrogens (tertiary/aromatic N) is 1. The van der Waals surface area contributed by atoms with E-state index in [0.717, 1.165) is 22.7 Å². The Labute approximate surface area is 162 Å². The zero-order chi connectivity index (χ0) is 20.4. The van der Waals surface area contributed by atoms with Crippen LogP contribution in [0.4, 0.5) is 20.2 Å². The predicted octanol–water partition coefficient (Wildman–Crippen LogP) is 4.11. The average molecular weight is 417 g/mol. The molecule has 2 aromatic rings. The lowest BCUT2D eigenvalue weighted by molar-refractivity contribution is -0.117. The van der Waals surface area contributed by atoms with Crippen LogP contribution in [0.2, 0.25) is 5.02 Å². The molecule has 0 spiro atoms. The quantitative estimate of drug-likeness (QED) is 0.770. The molecular weight excluding hydrogens is 398 g/mol. The monoisotopic (exact) mass is 416 g/mol. The Kier molecular flexibility index (Phi) is 6.43. The Hall–Kier alpha value is -2.19. The first-order valence-corrected chi connectivity index (χ1v) is 10.3. The first-order chi connectivity index (χ1) is 12.5. The molecule has 5 nitrogen and oxygen atoms in total. The van der Waals surface area contributed by atoms with E-state index in [2.05, 4.69) is 5.32 Å². The minimum atomic E-state index is -3.86. The van der Waals surface area contributed by atoms with Crippen molar-refractivity contribution >= 4 is 38.9 Å². The van der Waals surface area contributed by atoms with Gasteiger partial charge in [-0.3, -0.25) is 9.10 Å². The zero-order valence-electron chi connectivity index (χ0n) is 15.0. The number of anilines is 2. The lowest BCUT2D eigenvalue weighted by Gasteiger charge is -2.31. The topological polar surface area (TPSA) is 66.5 Å². The number of carbonyl (C=O) groups excluding carboxylic acids is 1. The molecule has 2 aromatic carbocycles. The number of rotatable bonds is 6. The van der Waals surface area contributed by atoms with Gasteiger partial charge < -0.3 is 5.32 Å². The molecule has 1 amide bonds. The van der Waals surface area contributed by atoms with Gasteiger partial charge in [-0.15, -0.1) is 0 Å². The molecule has 27 heavy (non-hydrogen) atoms. The van der Waals surface area contributed by atoms with Crippen LogP contribution in [0.1, 0.15) is 18.9 Å². The van der Waals surface area contributed by atoms with Crippen molar-refractivity contribution in [2.45, 2.75) is 26.3 Å². The van der Waals surface area contributed by atoms with E-state index in [9.17, 15) is 22.0 Å². The van der Waals surface area contributed by atoms with Crippen LogP contribution in [-0.4, -0.2) is 26.6 Å². The highest BCUT2D eigenvalue weighted by atomic mass is 35.5. The van der Waals surface area contributed by atoms with Gasteiger partial charge in [0.1, 0.15) is 17.7 Å². The molecule has 9 heteroatoms. The summed E-state index contributed by atoms with van der Waals surface area (Å²) in [5, 5.41) is 2.63. The van der Waals surface area contributed by atoms with Crippen LogP contribution in [0.15, 0.2) is 36.4 Å².